The number of hydrogen-bond donors (Lipinski definition) is 1. The van der Waals surface area contributed by atoms with Crippen LogP contribution in [0.15, 0.2) is 48.0 Å². The fourth-order valence-corrected chi connectivity index (χ4v) is 3.43. The zero-order chi connectivity index (χ0) is 18.8. The van der Waals surface area contributed by atoms with Crippen molar-refractivity contribution in [2.75, 3.05) is 11.9 Å². The molecule has 0 aliphatic heterocycles. The van der Waals surface area contributed by atoms with E-state index in [2.05, 4.69) is 20.5 Å². The Bertz CT molecular complexity index is 1120. The monoisotopic (exact) mass is 379 g/mol. The van der Waals surface area contributed by atoms with Crippen molar-refractivity contribution in [3.63, 3.8) is 0 Å². The van der Waals surface area contributed by atoms with Crippen molar-refractivity contribution in [3.05, 3.63) is 59.4 Å². The van der Waals surface area contributed by atoms with Gasteiger partial charge in [0, 0.05) is 17.1 Å². The molecule has 0 saturated heterocycles. The standard InChI is InChI=1S/C19H17N5O2S/c1-3-26-16-7-5-4-6-14(16)15-11-27-19(20-15)21-18(25)13-8-9-17-23-22-12(2)24(17)10-13/h4-11H,3H2,1-2H3,(H,20,21,25). The summed E-state index contributed by atoms with van der Waals surface area (Å²) in [6, 6.07) is 11.2. The number of amides is 1. The zero-order valence-corrected chi connectivity index (χ0v) is 15.7. The molecule has 0 atom stereocenters. The van der Waals surface area contributed by atoms with Gasteiger partial charge >= 0.3 is 0 Å². The smallest absolute Gasteiger partial charge is 0.258 e. The van der Waals surface area contributed by atoms with Crippen LogP contribution in [-0.2, 0) is 0 Å². The minimum absolute atomic E-state index is 0.232. The van der Waals surface area contributed by atoms with Crippen LogP contribution in [-0.4, -0.2) is 32.1 Å². The molecule has 27 heavy (non-hydrogen) atoms. The largest absolute Gasteiger partial charge is 0.493 e. The third-order valence-electron chi connectivity index (χ3n) is 4.02. The van der Waals surface area contributed by atoms with Crippen LogP contribution in [0.1, 0.15) is 23.1 Å². The van der Waals surface area contributed by atoms with E-state index in [1.807, 2.05) is 43.5 Å². The number of nitrogens with one attached hydrogen (secondary N) is 1. The third-order valence-corrected chi connectivity index (χ3v) is 4.78. The lowest BCUT2D eigenvalue weighted by Crippen LogP contribution is -2.12. The Labute approximate surface area is 159 Å². The molecule has 3 aromatic heterocycles. The number of anilines is 1. The highest BCUT2D eigenvalue weighted by atomic mass is 32.1. The number of nitrogens with zero attached hydrogens (tertiary/aromatic N) is 4. The predicted molar refractivity (Wildman–Crippen MR) is 104 cm³/mol. The average Bonchev–Trinajstić information content (AvgIpc) is 3.29. The van der Waals surface area contributed by atoms with E-state index in [4.69, 9.17) is 4.74 Å². The van der Waals surface area contributed by atoms with Gasteiger partial charge in [-0.05, 0) is 38.1 Å². The maximum Gasteiger partial charge on any atom is 0.258 e. The number of carbonyl (C=O) groups excluding carboxylic acids is 1. The van der Waals surface area contributed by atoms with Crippen LogP contribution in [0.4, 0.5) is 5.13 Å². The molecular formula is C19H17N5O2S. The van der Waals surface area contributed by atoms with E-state index in [9.17, 15) is 4.79 Å². The second-order valence-electron chi connectivity index (χ2n) is 5.81. The number of aryl methyl sites for hydroxylation is 1. The fraction of sp³-hybridized carbons (Fsp3) is 0.158. The molecule has 3 heterocycles. The fourth-order valence-electron chi connectivity index (χ4n) is 2.72. The normalized spacial score (nSPS) is 10.9. The lowest BCUT2D eigenvalue weighted by molar-refractivity contribution is 0.102. The molecule has 4 aromatic rings. The van der Waals surface area contributed by atoms with Gasteiger partial charge in [0.2, 0.25) is 0 Å². The lowest BCUT2D eigenvalue weighted by atomic mass is 10.1. The van der Waals surface area contributed by atoms with Crippen molar-refractivity contribution in [2.24, 2.45) is 0 Å². The Morgan fingerprint density at radius 2 is 2.07 bits per heavy atom. The first kappa shape index (κ1) is 17.2. The first-order chi connectivity index (χ1) is 13.2. The van der Waals surface area contributed by atoms with Gasteiger partial charge in [-0.2, -0.15) is 0 Å². The number of carbonyl (C=O) groups is 1. The van der Waals surface area contributed by atoms with Crippen LogP contribution in [0, 0.1) is 6.92 Å². The maximum absolute atomic E-state index is 12.6. The molecule has 1 N–H and O–H groups in total. The number of ether oxygens (including phenoxy) is 1. The van der Waals surface area contributed by atoms with Gasteiger partial charge in [-0.1, -0.05) is 12.1 Å². The van der Waals surface area contributed by atoms with E-state index >= 15 is 0 Å². The van der Waals surface area contributed by atoms with E-state index in [-0.39, 0.29) is 5.91 Å². The minimum Gasteiger partial charge on any atom is -0.493 e. The predicted octanol–water partition coefficient (Wildman–Crippen LogP) is 3.81. The molecular weight excluding hydrogens is 362 g/mol. The zero-order valence-electron chi connectivity index (χ0n) is 14.8. The van der Waals surface area contributed by atoms with Gasteiger partial charge in [-0.3, -0.25) is 14.5 Å². The number of rotatable bonds is 5. The van der Waals surface area contributed by atoms with Crippen LogP contribution in [0.5, 0.6) is 5.75 Å². The molecule has 1 aromatic carbocycles. The summed E-state index contributed by atoms with van der Waals surface area (Å²) >= 11 is 1.37. The Balaban J connectivity index is 1.57. The average molecular weight is 379 g/mol. The Hall–Kier alpha value is -3.26. The highest BCUT2D eigenvalue weighted by Crippen LogP contribution is 2.32. The number of aromatic nitrogens is 4. The second kappa shape index (κ2) is 7.16. The summed E-state index contributed by atoms with van der Waals surface area (Å²) in [6.07, 6.45) is 1.72. The van der Waals surface area contributed by atoms with E-state index in [0.717, 1.165) is 22.8 Å². The molecule has 4 rings (SSSR count). The molecule has 0 unspecified atom stereocenters. The molecule has 0 aliphatic rings. The summed E-state index contributed by atoms with van der Waals surface area (Å²) in [7, 11) is 0. The molecule has 0 bridgehead atoms. The van der Waals surface area contributed by atoms with Gasteiger partial charge in [-0.25, -0.2) is 4.98 Å². The molecule has 0 fully saturated rings. The first-order valence-electron chi connectivity index (χ1n) is 8.46. The van der Waals surface area contributed by atoms with Crippen molar-refractivity contribution in [2.45, 2.75) is 13.8 Å². The highest BCUT2D eigenvalue weighted by Gasteiger charge is 2.13. The Kier molecular flexibility index (Phi) is 4.55. The number of benzene rings is 1. The van der Waals surface area contributed by atoms with Crippen LogP contribution < -0.4 is 10.1 Å². The van der Waals surface area contributed by atoms with E-state index < -0.39 is 0 Å². The minimum atomic E-state index is -0.232. The van der Waals surface area contributed by atoms with E-state index in [1.165, 1.54) is 11.3 Å². The number of fused-ring (bicyclic) bond motifs is 1. The first-order valence-corrected chi connectivity index (χ1v) is 9.34. The molecule has 0 aliphatic carbocycles. The summed E-state index contributed by atoms with van der Waals surface area (Å²) in [5.41, 5.74) is 2.88. The van der Waals surface area contributed by atoms with E-state index in [1.54, 1.807) is 22.7 Å². The SMILES string of the molecule is CCOc1ccccc1-c1csc(NC(=O)c2ccc3nnc(C)n3c2)n1. The number of thiazole rings is 1. The van der Waals surface area contributed by atoms with Crippen molar-refractivity contribution in [1.82, 2.24) is 19.6 Å². The Morgan fingerprint density at radius 1 is 1.22 bits per heavy atom. The Morgan fingerprint density at radius 3 is 2.93 bits per heavy atom. The molecule has 0 radical (unpaired) electrons. The summed E-state index contributed by atoms with van der Waals surface area (Å²) < 4.78 is 7.44. The quantitative estimate of drug-likeness (QED) is 0.570. The number of pyridine rings is 1. The highest BCUT2D eigenvalue weighted by molar-refractivity contribution is 7.14. The molecule has 136 valence electrons. The van der Waals surface area contributed by atoms with Gasteiger partial charge in [0.25, 0.3) is 5.91 Å². The number of para-hydroxylation sites is 1. The van der Waals surface area contributed by atoms with Crippen molar-refractivity contribution >= 4 is 28.0 Å². The lowest BCUT2D eigenvalue weighted by Gasteiger charge is -2.07. The summed E-state index contributed by atoms with van der Waals surface area (Å²) in [6.45, 7) is 4.36. The molecule has 0 saturated carbocycles. The maximum atomic E-state index is 12.6. The molecule has 0 spiro atoms. The van der Waals surface area contributed by atoms with Gasteiger partial charge in [-0.15, -0.1) is 21.5 Å². The molecule has 8 heteroatoms. The van der Waals surface area contributed by atoms with E-state index in [0.29, 0.717) is 22.9 Å². The van der Waals surface area contributed by atoms with Gasteiger partial charge in [0.1, 0.15) is 11.6 Å². The number of hydrogen-bond acceptors (Lipinski definition) is 6. The van der Waals surface area contributed by atoms with Crippen molar-refractivity contribution in [3.8, 4) is 17.0 Å². The summed E-state index contributed by atoms with van der Waals surface area (Å²) in [5, 5.41) is 13.3. The van der Waals surface area contributed by atoms with Crippen LogP contribution in [0.3, 0.4) is 0 Å². The van der Waals surface area contributed by atoms with Crippen molar-refractivity contribution < 1.29 is 9.53 Å². The van der Waals surface area contributed by atoms with Crippen molar-refractivity contribution in [1.29, 1.82) is 0 Å². The summed E-state index contributed by atoms with van der Waals surface area (Å²) in [5.74, 6) is 1.27. The van der Waals surface area contributed by atoms with Gasteiger partial charge in [0.15, 0.2) is 10.8 Å². The summed E-state index contributed by atoms with van der Waals surface area (Å²) in [4.78, 5) is 17.1. The topological polar surface area (TPSA) is 81.4 Å². The van der Waals surface area contributed by atoms with Gasteiger partial charge < -0.3 is 4.74 Å². The second-order valence-corrected chi connectivity index (χ2v) is 6.67. The molecule has 7 nitrogen and oxygen atoms in total. The van der Waals surface area contributed by atoms with Crippen LogP contribution in [0.25, 0.3) is 16.9 Å². The molecule has 1 amide bonds. The van der Waals surface area contributed by atoms with Crippen LogP contribution >= 0.6 is 11.3 Å². The van der Waals surface area contributed by atoms with Crippen LogP contribution in [0.2, 0.25) is 0 Å². The van der Waals surface area contributed by atoms with Gasteiger partial charge in [0.05, 0.1) is 17.9 Å². The third kappa shape index (κ3) is 3.39.